The molecule has 108 valence electrons. The Labute approximate surface area is 133 Å². The van der Waals surface area contributed by atoms with Gasteiger partial charge in [0.2, 0.25) is 11.8 Å². The number of nitrogen functional groups attached to an aromatic ring is 1. The van der Waals surface area contributed by atoms with Gasteiger partial charge in [-0.05, 0) is 36.4 Å². The molecule has 2 heterocycles. The monoisotopic (exact) mass is 356 g/mol. The van der Waals surface area contributed by atoms with E-state index in [1.165, 1.54) is 0 Å². The topological polar surface area (TPSA) is 91.0 Å². The van der Waals surface area contributed by atoms with Gasteiger partial charge in [-0.2, -0.15) is 0 Å². The van der Waals surface area contributed by atoms with Crippen molar-refractivity contribution < 1.29 is 8.83 Å². The Morgan fingerprint density at radius 3 is 2.55 bits per heavy atom. The lowest BCUT2D eigenvalue weighted by Crippen LogP contribution is -1.81. The first-order chi connectivity index (χ1) is 10.7. The Kier molecular flexibility index (Phi) is 2.93. The second-order valence-electron chi connectivity index (χ2n) is 4.66. The fourth-order valence-corrected chi connectivity index (χ4v) is 2.56. The summed E-state index contributed by atoms with van der Waals surface area (Å²) in [5, 5.41) is 7.51. The van der Waals surface area contributed by atoms with Gasteiger partial charge in [-0.3, -0.25) is 0 Å². The van der Waals surface area contributed by atoms with Crippen molar-refractivity contribution in [2.45, 2.75) is 0 Å². The maximum absolute atomic E-state index is 5.78. The van der Waals surface area contributed by atoms with Gasteiger partial charge >= 0.3 is 6.01 Å². The number of hydrogen-bond acceptors (Lipinski definition) is 6. The first kappa shape index (κ1) is 13.0. The first-order valence-electron chi connectivity index (χ1n) is 6.45. The smallest absolute Gasteiger partial charge is 0.313 e. The van der Waals surface area contributed by atoms with E-state index in [0.29, 0.717) is 22.9 Å². The summed E-state index contributed by atoms with van der Waals surface area (Å²) in [6.45, 7) is 0. The average Bonchev–Trinajstić information content (AvgIpc) is 3.12. The molecule has 2 aromatic heterocycles. The lowest BCUT2D eigenvalue weighted by molar-refractivity contribution is 0.590. The van der Waals surface area contributed by atoms with Crippen LogP contribution >= 0.6 is 15.9 Å². The molecule has 0 amide bonds. The molecule has 0 fully saturated rings. The van der Waals surface area contributed by atoms with Crippen LogP contribution in [0.2, 0.25) is 0 Å². The molecule has 0 radical (unpaired) electrons. The minimum atomic E-state index is 0.0325. The van der Waals surface area contributed by atoms with Gasteiger partial charge in [0.1, 0.15) is 5.52 Å². The Morgan fingerprint density at radius 2 is 1.77 bits per heavy atom. The molecule has 0 saturated carbocycles. The van der Waals surface area contributed by atoms with Crippen LogP contribution in [0.5, 0.6) is 0 Å². The molecule has 2 N–H and O–H groups in total. The highest BCUT2D eigenvalue weighted by molar-refractivity contribution is 9.10. The Hall–Kier alpha value is -2.67. The van der Waals surface area contributed by atoms with E-state index in [-0.39, 0.29) is 6.01 Å². The van der Waals surface area contributed by atoms with E-state index < -0.39 is 0 Å². The summed E-state index contributed by atoms with van der Waals surface area (Å²) < 4.78 is 12.0. The molecule has 0 atom stereocenters. The van der Waals surface area contributed by atoms with Crippen LogP contribution in [-0.2, 0) is 0 Å². The van der Waals surface area contributed by atoms with Crippen molar-refractivity contribution in [2.75, 3.05) is 5.73 Å². The quantitative estimate of drug-likeness (QED) is 0.585. The molecule has 0 unspecified atom stereocenters. The number of nitrogens with zero attached hydrogens (tertiary/aromatic N) is 3. The van der Waals surface area contributed by atoms with Crippen LogP contribution in [0.3, 0.4) is 0 Å². The van der Waals surface area contributed by atoms with Gasteiger partial charge in [-0.25, -0.2) is 4.98 Å². The molecule has 0 spiro atoms. The summed E-state index contributed by atoms with van der Waals surface area (Å²) in [7, 11) is 0. The second kappa shape index (κ2) is 4.96. The Bertz CT molecular complexity index is 977. The van der Waals surface area contributed by atoms with Gasteiger partial charge in [0.05, 0.1) is 0 Å². The maximum atomic E-state index is 5.78. The van der Waals surface area contributed by atoms with Gasteiger partial charge in [0.15, 0.2) is 5.58 Å². The van der Waals surface area contributed by atoms with E-state index in [2.05, 4.69) is 31.1 Å². The van der Waals surface area contributed by atoms with Crippen LogP contribution in [0.4, 0.5) is 6.01 Å². The minimum Gasteiger partial charge on any atom is -0.436 e. The summed E-state index contributed by atoms with van der Waals surface area (Å²) in [6, 6.07) is 13.3. The number of nitrogens with two attached hydrogens (primary N) is 1. The molecule has 4 aromatic rings. The van der Waals surface area contributed by atoms with E-state index >= 15 is 0 Å². The van der Waals surface area contributed by atoms with Crippen LogP contribution in [-0.4, -0.2) is 15.2 Å². The van der Waals surface area contributed by atoms with E-state index in [9.17, 15) is 0 Å². The summed E-state index contributed by atoms with van der Waals surface area (Å²) in [5.74, 6) is 0.907. The van der Waals surface area contributed by atoms with Crippen LogP contribution in [0.25, 0.3) is 34.0 Å². The number of halogens is 1. The third-order valence-electron chi connectivity index (χ3n) is 3.15. The molecule has 0 aliphatic heterocycles. The molecular weight excluding hydrogens is 348 g/mol. The van der Waals surface area contributed by atoms with Crippen molar-refractivity contribution in [3.8, 4) is 22.9 Å². The predicted molar refractivity (Wildman–Crippen MR) is 84.8 cm³/mol. The third kappa shape index (κ3) is 2.25. The molecule has 2 aromatic carbocycles. The van der Waals surface area contributed by atoms with Crippen LogP contribution in [0, 0.1) is 0 Å². The number of anilines is 1. The van der Waals surface area contributed by atoms with Crippen molar-refractivity contribution >= 4 is 33.0 Å². The number of rotatable bonds is 2. The Morgan fingerprint density at radius 1 is 0.909 bits per heavy atom. The molecule has 0 bridgehead atoms. The number of aromatic nitrogens is 3. The summed E-state index contributed by atoms with van der Waals surface area (Å²) in [5.41, 5.74) is 8.48. The highest BCUT2D eigenvalue weighted by atomic mass is 79.9. The van der Waals surface area contributed by atoms with Gasteiger partial charge in [-0.15, -0.1) is 5.10 Å². The fraction of sp³-hybridized carbons (Fsp3) is 0. The van der Waals surface area contributed by atoms with E-state index in [1.54, 1.807) is 0 Å². The van der Waals surface area contributed by atoms with Crippen LogP contribution < -0.4 is 5.73 Å². The largest absolute Gasteiger partial charge is 0.436 e. The van der Waals surface area contributed by atoms with E-state index in [1.807, 2.05) is 42.5 Å². The molecule has 4 rings (SSSR count). The van der Waals surface area contributed by atoms with Gasteiger partial charge < -0.3 is 14.6 Å². The first-order valence-corrected chi connectivity index (χ1v) is 7.24. The normalized spacial score (nSPS) is 11.1. The van der Waals surface area contributed by atoms with Gasteiger partial charge in [-0.1, -0.05) is 27.1 Å². The zero-order chi connectivity index (χ0) is 15.1. The summed E-state index contributed by atoms with van der Waals surface area (Å²) in [4.78, 5) is 4.51. The fourth-order valence-electron chi connectivity index (χ4n) is 2.16. The van der Waals surface area contributed by atoms with Gasteiger partial charge in [0, 0.05) is 15.6 Å². The molecular formula is C15H9BrN4O2. The summed E-state index contributed by atoms with van der Waals surface area (Å²) in [6.07, 6.45) is 0. The van der Waals surface area contributed by atoms with Crippen molar-refractivity contribution in [1.29, 1.82) is 0 Å². The maximum Gasteiger partial charge on any atom is 0.313 e. The standard InChI is InChI=1S/C15H9BrN4O2/c16-10-3-1-2-8(6-10)13-18-11-7-9(4-5-12(11)21-13)14-19-20-15(17)22-14/h1-7H,(H2,17,20). The van der Waals surface area contributed by atoms with Crippen LogP contribution in [0.15, 0.2) is 55.8 Å². The summed E-state index contributed by atoms with van der Waals surface area (Å²) >= 11 is 3.44. The Balaban J connectivity index is 1.81. The molecule has 0 aliphatic carbocycles. The molecule has 0 saturated heterocycles. The SMILES string of the molecule is Nc1nnc(-c2ccc3oc(-c4cccc(Br)c4)nc3c2)o1. The van der Waals surface area contributed by atoms with E-state index in [0.717, 1.165) is 15.6 Å². The highest BCUT2D eigenvalue weighted by Gasteiger charge is 2.12. The highest BCUT2D eigenvalue weighted by Crippen LogP contribution is 2.29. The molecule has 7 heteroatoms. The van der Waals surface area contributed by atoms with Crippen LogP contribution in [0.1, 0.15) is 0 Å². The molecule has 22 heavy (non-hydrogen) atoms. The van der Waals surface area contributed by atoms with Crippen molar-refractivity contribution in [2.24, 2.45) is 0 Å². The van der Waals surface area contributed by atoms with Crippen molar-refractivity contribution in [1.82, 2.24) is 15.2 Å². The second-order valence-corrected chi connectivity index (χ2v) is 5.57. The zero-order valence-electron chi connectivity index (χ0n) is 11.2. The van der Waals surface area contributed by atoms with Gasteiger partial charge in [0.25, 0.3) is 0 Å². The third-order valence-corrected chi connectivity index (χ3v) is 3.64. The molecule has 6 nitrogen and oxygen atoms in total. The van der Waals surface area contributed by atoms with E-state index in [4.69, 9.17) is 14.6 Å². The number of oxazole rings is 1. The lowest BCUT2D eigenvalue weighted by Gasteiger charge is -1.94. The lowest BCUT2D eigenvalue weighted by atomic mass is 10.2. The molecule has 0 aliphatic rings. The number of benzene rings is 2. The number of hydrogen-bond donors (Lipinski definition) is 1. The minimum absolute atomic E-state index is 0.0325. The predicted octanol–water partition coefficient (Wildman–Crippen LogP) is 3.89. The average molecular weight is 357 g/mol. The number of fused-ring (bicyclic) bond motifs is 1. The van der Waals surface area contributed by atoms with Crippen molar-refractivity contribution in [3.63, 3.8) is 0 Å². The zero-order valence-corrected chi connectivity index (χ0v) is 12.7. The van der Waals surface area contributed by atoms with Crippen molar-refractivity contribution in [3.05, 3.63) is 46.9 Å².